The highest BCUT2D eigenvalue weighted by Crippen LogP contribution is 2.17. The molecular formula is C16H22N4O. The van der Waals surface area contributed by atoms with Crippen molar-refractivity contribution in [3.63, 3.8) is 0 Å². The van der Waals surface area contributed by atoms with E-state index in [-0.39, 0.29) is 5.91 Å². The molecule has 1 N–H and O–H groups in total. The van der Waals surface area contributed by atoms with Gasteiger partial charge in [0.15, 0.2) is 5.82 Å². The van der Waals surface area contributed by atoms with Gasteiger partial charge in [-0.3, -0.25) is 10.1 Å². The minimum atomic E-state index is -0.0665. The fraction of sp³-hybridized carbons (Fsp3) is 0.438. The van der Waals surface area contributed by atoms with E-state index >= 15 is 0 Å². The number of carbonyl (C=O) groups excluding carboxylic acids is 1. The summed E-state index contributed by atoms with van der Waals surface area (Å²) in [7, 11) is 1.78. The Morgan fingerprint density at radius 3 is 2.38 bits per heavy atom. The highest BCUT2D eigenvalue weighted by molar-refractivity contribution is 5.91. The first-order chi connectivity index (χ1) is 9.90. The van der Waals surface area contributed by atoms with Crippen molar-refractivity contribution in [3.8, 4) is 0 Å². The van der Waals surface area contributed by atoms with Gasteiger partial charge in [-0.2, -0.15) is 10.1 Å². The fourth-order valence-corrected chi connectivity index (χ4v) is 2.51. The topological polar surface area (TPSA) is 59.8 Å². The highest BCUT2D eigenvalue weighted by atomic mass is 16.1. The number of aryl methyl sites for hydroxylation is 5. The van der Waals surface area contributed by atoms with Gasteiger partial charge in [0.2, 0.25) is 11.9 Å². The van der Waals surface area contributed by atoms with Gasteiger partial charge in [-0.15, -0.1) is 0 Å². The average molecular weight is 286 g/mol. The molecule has 0 atom stereocenters. The minimum Gasteiger partial charge on any atom is -0.294 e. The van der Waals surface area contributed by atoms with Crippen molar-refractivity contribution in [3.05, 3.63) is 40.2 Å². The van der Waals surface area contributed by atoms with Crippen LogP contribution in [0.1, 0.15) is 35.0 Å². The average Bonchev–Trinajstić information content (AvgIpc) is 2.74. The lowest BCUT2D eigenvalue weighted by Crippen LogP contribution is -2.18. The lowest BCUT2D eigenvalue weighted by molar-refractivity contribution is -0.115. The molecule has 1 amide bonds. The first-order valence-electron chi connectivity index (χ1n) is 7.17. The second-order valence-electron chi connectivity index (χ2n) is 5.43. The minimum absolute atomic E-state index is 0.0665. The van der Waals surface area contributed by atoms with Crippen LogP contribution < -0.4 is 5.32 Å². The van der Waals surface area contributed by atoms with Crippen LogP contribution in [0.5, 0.6) is 0 Å². The van der Waals surface area contributed by atoms with Crippen LogP contribution in [0.2, 0.25) is 0 Å². The van der Waals surface area contributed by atoms with E-state index in [4.69, 9.17) is 0 Å². The SMILES string of the molecule is CCc1nc(NC(=O)Cc2c(C)cc(C)cc2C)n(C)n1. The lowest BCUT2D eigenvalue weighted by Gasteiger charge is -2.11. The molecule has 0 spiro atoms. The van der Waals surface area contributed by atoms with Gasteiger partial charge in [-0.25, -0.2) is 4.68 Å². The molecule has 0 radical (unpaired) electrons. The largest absolute Gasteiger partial charge is 0.294 e. The number of carbonyl (C=O) groups is 1. The van der Waals surface area contributed by atoms with Crippen LogP contribution in [0.15, 0.2) is 12.1 Å². The Kier molecular flexibility index (Phi) is 4.40. The molecule has 0 bridgehead atoms. The van der Waals surface area contributed by atoms with Crippen LogP contribution in [0, 0.1) is 20.8 Å². The van der Waals surface area contributed by atoms with E-state index in [1.54, 1.807) is 11.7 Å². The van der Waals surface area contributed by atoms with Crippen molar-refractivity contribution in [1.82, 2.24) is 14.8 Å². The molecule has 2 rings (SSSR count). The van der Waals surface area contributed by atoms with E-state index in [1.807, 2.05) is 20.8 Å². The van der Waals surface area contributed by atoms with Gasteiger partial charge in [0.05, 0.1) is 6.42 Å². The Morgan fingerprint density at radius 2 is 1.86 bits per heavy atom. The van der Waals surface area contributed by atoms with Crippen LogP contribution in [0.4, 0.5) is 5.95 Å². The second-order valence-corrected chi connectivity index (χ2v) is 5.43. The smallest absolute Gasteiger partial charge is 0.231 e. The third kappa shape index (κ3) is 3.48. The summed E-state index contributed by atoms with van der Waals surface area (Å²) in [4.78, 5) is 16.5. The van der Waals surface area contributed by atoms with Crippen molar-refractivity contribution in [1.29, 1.82) is 0 Å². The quantitative estimate of drug-likeness (QED) is 0.939. The Morgan fingerprint density at radius 1 is 1.24 bits per heavy atom. The van der Waals surface area contributed by atoms with Gasteiger partial charge in [-0.05, 0) is 37.5 Å². The van der Waals surface area contributed by atoms with Crippen LogP contribution in [0.25, 0.3) is 0 Å². The molecule has 21 heavy (non-hydrogen) atoms. The molecule has 0 unspecified atom stereocenters. The molecule has 0 saturated heterocycles. The summed E-state index contributed by atoms with van der Waals surface area (Å²) in [6, 6.07) is 4.21. The number of rotatable bonds is 4. The Hall–Kier alpha value is -2.17. The van der Waals surface area contributed by atoms with E-state index in [9.17, 15) is 4.79 Å². The van der Waals surface area contributed by atoms with Crippen molar-refractivity contribution in [2.75, 3.05) is 5.32 Å². The summed E-state index contributed by atoms with van der Waals surface area (Å²) in [5.41, 5.74) is 4.59. The summed E-state index contributed by atoms with van der Waals surface area (Å²) in [5, 5.41) is 7.06. The summed E-state index contributed by atoms with van der Waals surface area (Å²) in [6.07, 6.45) is 1.10. The van der Waals surface area contributed by atoms with Crippen molar-refractivity contribution in [2.45, 2.75) is 40.5 Å². The van der Waals surface area contributed by atoms with E-state index in [0.717, 1.165) is 28.9 Å². The Balaban J connectivity index is 2.13. The van der Waals surface area contributed by atoms with Gasteiger partial charge < -0.3 is 0 Å². The van der Waals surface area contributed by atoms with E-state index in [2.05, 4.69) is 34.5 Å². The summed E-state index contributed by atoms with van der Waals surface area (Å²) < 4.78 is 1.60. The van der Waals surface area contributed by atoms with Crippen LogP contribution >= 0.6 is 0 Å². The maximum absolute atomic E-state index is 12.2. The summed E-state index contributed by atoms with van der Waals surface area (Å²) in [6.45, 7) is 8.13. The third-order valence-electron chi connectivity index (χ3n) is 3.55. The number of amides is 1. The summed E-state index contributed by atoms with van der Waals surface area (Å²) >= 11 is 0. The zero-order chi connectivity index (χ0) is 15.6. The molecule has 112 valence electrons. The second kappa shape index (κ2) is 6.08. The van der Waals surface area contributed by atoms with E-state index < -0.39 is 0 Å². The van der Waals surface area contributed by atoms with Crippen LogP contribution in [0.3, 0.4) is 0 Å². The number of hydrogen-bond donors (Lipinski definition) is 1. The molecule has 2 aromatic rings. The molecule has 0 saturated carbocycles. The molecule has 1 aromatic heterocycles. The number of anilines is 1. The molecule has 0 fully saturated rings. The van der Waals surface area contributed by atoms with E-state index in [0.29, 0.717) is 12.4 Å². The molecule has 5 nitrogen and oxygen atoms in total. The van der Waals surface area contributed by atoms with Crippen molar-refractivity contribution >= 4 is 11.9 Å². The maximum atomic E-state index is 12.2. The Labute approximate surface area is 125 Å². The van der Waals surface area contributed by atoms with Gasteiger partial charge >= 0.3 is 0 Å². The zero-order valence-electron chi connectivity index (χ0n) is 13.3. The van der Waals surface area contributed by atoms with Crippen molar-refractivity contribution < 1.29 is 4.79 Å². The molecule has 1 heterocycles. The fourth-order valence-electron chi connectivity index (χ4n) is 2.51. The number of benzene rings is 1. The van der Waals surface area contributed by atoms with Gasteiger partial charge in [-0.1, -0.05) is 24.6 Å². The normalized spacial score (nSPS) is 10.7. The first kappa shape index (κ1) is 15.2. The predicted molar refractivity (Wildman–Crippen MR) is 83.4 cm³/mol. The molecule has 1 aromatic carbocycles. The molecule has 0 aliphatic rings. The molecule has 0 aliphatic carbocycles. The Bertz CT molecular complexity index is 650. The number of nitrogens with zero attached hydrogens (tertiary/aromatic N) is 3. The monoisotopic (exact) mass is 286 g/mol. The molecular weight excluding hydrogens is 264 g/mol. The maximum Gasteiger partial charge on any atom is 0.231 e. The van der Waals surface area contributed by atoms with Gasteiger partial charge in [0.25, 0.3) is 0 Å². The standard InChI is InChI=1S/C16H22N4O/c1-6-14-17-16(20(5)19-14)18-15(21)9-13-11(3)7-10(2)8-12(13)4/h7-8H,6,9H2,1-5H3,(H,17,18,19,21). The number of aromatic nitrogens is 3. The van der Waals surface area contributed by atoms with E-state index in [1.165, 1.54) is 5.56 Å². The lowest BCUT2D eigenvalue weighted by atomic mass is 9.97. The highest BCUT2D eigenvalue weighted by Gasteiger charge is 2.13. The van der Waals surface area contributed by atoms with Crippen LogP contribution in [-0.4, -0.2) is 20.7 Å². The zero-order valence-corrected chi connectivity index (χ0v) is 13.3. The van der Waals surface area contributed by atoms with Gasteiger partial charge in [0, 0.05) is 13.5 Å². The predicted octanol–water partition coefficient (Wildman–Crippen LogP) is 2.48. The number of hydrogen-bond acceptors (Lipinski definition) is 3. The first-order valence-corrected chi connectivity index (χ1v) is 7.17. The van der Waals surface area contributed by atoms with Crippen molar-refractivity contribution in [2.24, 2.45) is 7.05 Å². The third-order valence-corrected chi connectivity index (χ3v) is 3.55. The number of nitrogens with one attached hydrogen (secondary N) is 1. The van der Waals surface area contributed by atoms with Crippen LogP contribution in [-0.2, 0) is 24.7 Å². The van der Waals surface area contributed by atoms with Gasteiger partial charge in [0.1, 0.15) is 0 Å². The molecule has 0 aliphatic heterocycles. The molecule has 5 heteroatoms. The summed E-state index contributed by atoms with van der Waals surface area (Å²) in [5.74, 6) is 1.16.